The molecule has 1 rings (SSSR count). The van der Waals surface area contributed by atoms with Gasteiger partial charge in [-0.25, -0.2) is 0 Å². The Balaban J connectivity index is 2.43. The largest absolute Gasteiger partial charge is 0.481 e. The highest BCUT2D eigenvalue weighted by Gasteiger charge is 2.02. The van der Waals surface area contributed by atoms with Gasteiger partial charge in [0.1, 0.15) is 12.4 Å². The minimum Gasteiger partial charge on any atom is -0.481 e. The topological polar surface area (TPSA) is 21.3 Å². The van der Waals surface area contributed by atoms with Gasteiger partial charge in [-0.05, 0) is 24.9 Å². The number of terminal acetylenes is 1. The Morgan fingerprint density at radius 1 is 1.35 bits per heavy atom. The third-order valence-corrected chi connectivity index (χ3v) is 2.50. The lowest BCUT2D eigenvalue weighted by molar-refractivity contribution is 0.364. The lowest BCUT2D eigenvalue weighted by Crippen LogP contribution is -2.16. The molecule has 0 heterocycles. The van der Waals surface area contributed by atoms with Gasteiger partial charge in [0.2, 0.25) is 0 Å². The molecule has 0 aliphatic carbocycles. The molecule has 0 aliphatic rings. The van der Waals surface area contributed by atoms with Gasteiger partial charge >= 0.3 is 0 Å². The van der Waals surface area contributed by atoms with E-state index in [4.69, 9.17) is 11.2 Å². The van der Waals surface area contributed by atoms with Crippen molar-refractivity contribution in [2.24, 2.45) is 5.92 Å². The van der Waals surface area contributed by atoms with Crippen molar-refractivity contribution < 1.29 is 4.74 Å². The lowest BCUT2D eigenvalue weighted by atomic mass is 10.1. The van der Waals surface area contributed by atoms with Gasteiger partial charge in [-0.3, -0.25) is 0 Å². The zero-order valence-corrected chi connectivity index (χ0v) is 10.7. The van der Waals surface area contributed by atoms with Crippen molar-refractivity contribution in [3.8, 4) is 18.1 Å². The van der Waals surface area contributed by atoms with Crippen molar-refractivity contribution in [3.05, 3.63) is 29.8 Å². The van der Waals surface area contributed by atoms with Crippen LogP contribution in [0.5, 0.6) is 5.75 Å². The van der Waals surface area contributed by atoms with Crippen molar-refractivity contribution in [3.63, 3.8) is 0 Å². The average Bonchev–Trinajstić information content (AvgIpc) is 2.33. The molecular weight excluding hydrogens is 210 g/mol. The van der Waals surface area contributed by atoms with E-state index >= 15 is 0 Å². The molecule has 1 aromatic carbocycles. The average molecular weight is 231 g/mol. The van der Waals surface area contributed by atoms with Crippen LogP contribution in [0.2, 0.25) is 0 Å². The second-order valence-corrected chi connectivity index (χ2v) is 4.46. The van der Waals surface area contributed by atoms with Gasteiger partial charge in [-0.2, -0.15) is 0 Å². The maximum atomic E-state index is 5.49. The molecule has 0 fully saturated rings. The molecule has 0 amide bonds. The second kappa shape index (κ2) is 7.76. The third kappa shape index (κ3) is 5.42. The highest BCUT2D eigenvalue weighted by atomic mass is 16.5. The van der Waals surface area contributed by atoms with Crippen LogP contribution in [0.25, 0.3) is 0 Å². The van der Waals surface area contributed by atoms with E-state index in [0.717, 1.165) is 30.3 Å². The summed E-state index contributed by atoms with van der Waals surface area (Å²) >= 11 is 0. The van der Waals surface area contributed by atoms with Crippen LogP contribution in [0.15, 0.2) is 24.3 Å². The molecule has 1 aromatic rings. The van der Waals surface area contributed by atoms with Gasteiger partial charge in [0.05, 0.1) is 0 Å². The first kappa shape index (κ1) is 13.6. The molecule has 2 heteroatoms. The summed E-state index contributed by atoms with van der Waals surface area (Å²) in [4.78, 5) is 0. The number of benzene rings is 1. The van der Waals surface area contributed by atoms with Crippen molar-refractivity contribution in [1.29, 1.82) is 0 Å². The van der Waals surface area contributed by atoms with E-state index in [0.29, 0.717) is 6.61 Å². The van der Waals surface area contributed by atoms with Crippen molar-refractivity contribution in [1.82, 2.24) is 5.32 Å². The Labute approximate surface area is 104 Å². The van der Waals surface area contributed by atoms with E-state index in [1.165, 1.54) is 6.42 Å². The molecule has 0 aliphatic heterocycles. The number of para-hydroxylation sites is 1. The molecular formula is C15H21NO. The minimum atomic E-state index is 0.322. The quantitative estimate of drug-likeness (QED) is 0.575. The van der Waals surface area contributed by atoms with Crippen LogP contribution in [0.3, 0.4) is 0 Å². The smallest absolute Gasteiger partial charge is 0.148 e. The Morgan fingerprint density at radius 3 is 2.82 bits per heavy atom. The van der Waals surface area contributed by atoms with Crippen LogP contribution in [-0.2, 0) is 6.54 Å². The lowest BCUT2D eigenvalue weighted by Gasteiger charge is -2.11. The SMILES string of the molecule is C#CCOc1ccccc1CNCCC(C)C. The van der Waals surface area contributed by atoms with Crippen LogP contribution in [0.4, 0.5) is 0 Å². The van der Waals surface area contributed by atoms with Crippen LogP contribution in [0, 0.1) is 18.3 Å². The van der Waals surface area contributed by atoms with Gasteiger partial charge in [-0.15, -0.1) is 6.42 Å². The summed E-state index contributed by atoms with van der Waals surface area (Å²) in [5, 5.41) is 3.42. The fraction of sp³-hybridized carbons (Fsp3) is 0.467. The molecule has 0 radical (unpaired) electrons. The van der Waals surface area contributed by atoms with Gasteiger partial charge < -0.3 is 10.1 Å². The Kier molecular flexibility index (Phi) is 6.21. The second-order valence-electron chi connectivity index (χ2n) is 4.46. The number of rotatable bonds is 7. The van der Waals surface area contributed by atoms with Crippen molar-refractivity contribution >= 4 is 0 Å². The van der Waals surface area contributed by atoms with E-state index < -0.39 is 0 Å². The maximum absolute atomic E-state index is 5.49. The van der Waals surface area contributed by atoms with Crippen LogP contribution in [0.1, 0.15) is 25.8 Å². The summed E-state index contributed by atoms with van der Waals surface area (Å²) in [7, 11) is 0. The number of hydrogen-bond donors (Lipinski definition) is 1. The van der Waals surface area contributed by atoms with Gasteiger partial charge in [0, 0.05) is 12.1 Å². The fourth-order valence-corrected chi connectivity index (χ4v) is 1.52. The molecule has 92 valence electrons. The molecule has 0 aromatic heterocycles. The van der Waals surface area contributed by atoms with Crippen LogP contribution in [-0.4, -0.2) is 13.2 Å². The zero-order chi connectivity index (χ0) is 12.5. The summed E-state index contributed by atoms with van der Waals surface area (Å²) in [6, 6.07) is 8.00. The molecule has 0 atom stereocenters. The molecule has 0 unspecified atom stereocenters. The number of hydrogen-bond acceptors (Lipinski definition) is 2. The normalized spacial score (nSPS) is 10.2. The number of ether oxygens (including phenoxy) is 1. The standard InChI is InChI=1S/C15H21NO/c1-4-11-17-15-8-6-5-7-14(15)12-16-10-9-13(2)3/h1,5-8,13,16H,9-12H2,2-3H3. The van der Waals surface area contributed by atoms with E-state index in [1.54, 1.807) is 0 Å². The van der Waals surface area contributed by atoms with Gasteiger partial charge in [0.25, 0.3) is 0 Å². The molecule has 0 saturated heterocycles. The van der Waals surface area contributed by atoms with Crippen LogP contribution < -0.4 is 10.1 Å². The molecule has 1 N–H and O–H groups in total. The first-order valence-corrected chi connectivity index (χ1v) is 6.09. The fourth-order valence-electron chi connectivity index (χ4n) is 1.52. The predicted molar refractivity (Wildman–Crippen MR) is 71.9 cm³/mol. The first-order valence-electron chi connectivity index (χ1n) is 6.09. The Bertz CT molecular complexity index is 365. The summed E-state index contributed by atoms with van der Waals surface area (Å²) in [5.41, 5.74) is 1.16. The van der Waals surface area contributed by atoms with E-state index in [1.807, 2.05) is 18.2 Å². The molecule has 0 saturated carbocycles. The first-order chi connectivity index (χ1) is 8.24. The Hall–Kier alpha value is -1.46. The summed E-state index contributed by atoms with van der Waals surface area (Å²) in [5.74, 6) is 4.09. The van der Waals surface area contributed by atoms with Gasteiger partial charge in [-0.1, -0.05) is 38.0 Å². The molecule has 17 heavy (non-hydrogen) atoms. The Morgan fingerprint density at radius 2 is 2.12 bits per heavy atom. The minimum absolute atomic E-state index is 0.322. The highest BCUT2D eigenvalue weighted by Crippen LogP contribution is 2.17. The van der Waals surface area contributed by atoms with E-state index in [-0.39, 0.29) is 0 Å². The van der Waals surface area contributed by atoms with Crippen LogP contribution >= 0.6 is 0 Å². The highest BCUT2D eigenvalue weighted by molar-refractivity contribution is 5.33. The maximum Gasteiger partial charge on any atom is 0.148 e. The van der Waals surface area contributed by atoms with Crippen molar-refractivity contribution in [2.45, 2.75) is 26.8 Å². The third-order valence-electron chi connectivity index (χ3n) is 2.50. The zero-order valence-electron chi connectivity index (χ0n) is 10.7. The summed E-state index contributed by atoms with van der Waals surface area (Å²) in [6.45, 7) is 6.63. The van der Waals surface area contributed by atoms with Gasteiger partial charge in [0.15, 0.2) is 0 Å². The van der Waals surface area contributed by atoms with E-state index in [2.05, 4.69) is 31.2 Å². The predicted octanol–water partition coefficient (Wildman–Crippen LogP) is 2.83. The van der Waals surface area contributed by atoms with Crippen molar-refractivity contribution in [2.75, 3.05) is 13.2 Å². The summed E-state index contributed by atoms with van der Waals surface area (Å²) < 4.78 is 5.49. The summed E-state index contributed by atoms with van der Waals surface area (Å²) in [6.07, 6.45) is 6.38. The molecule has 0 bridgehead atoms. The monoisotopic (exact) mass is 231 g/mol. The molecule has 0 spiro atoms. The number of nitrogens with one attached hydrogen (secondary N) is 1. The van der Waals surface area contributed by atoms with E-state index in [9.17, 15) is 0 Å². The molecule has 2 nitrogen and oxygen atoms in total.